The Balaban J connectivity index is 1.29. The zero-order valence-electron chi connectivity index (χ0n) is 22.1. The lowest BCUT2D eigenvalue weighted by atomic mass is 10.1. The second-order valence-corrected chi connectivity index (χ2v) is 10.2. The van der Waals surface area contributed by atoms with Crippen LogP contribution in [0.3, 0.4) is 0 Å². The highest BCUT2D eigenvalue weighted by molar-refractivity contribution is 5.96. The average molecular weight is 533 g/mol. The van der Waals surface area contributed by atoms with Gasteiger partial charge in [-0.25, -0.2) is 13.7 Å². The Bertz CT molecular complexity index is 1520. The van der Waals surface area contributed by atoms with E-state index in [-0.39, 0.29) is 19.0 Å². The van der Waals surface area contributed by atoms with E-state index in [9.17, 15) is 14.0 Å². The average Bonchev–Trinajstić information content (AvgIpc) is 3.27. The van der Waals surface area contributed by atoms with Gasteiger partial charge < -0.3 is 19.7 Å². The largest absolute Gasteiger partial charge is 0.495 e. The van der Waals surface area contributed by atoms with Crippen molar-refractivity contribution in [1.29, 1.82) is 0 Å². The number of amides is 2. The summed E-state index contributed by atoms with van der Waals surface area (Å²) >= 11 is 0. The molecule has 2 amide bonds. The predicted octanol–water partition coefficient (Wildman–Crippen LogP) is 5.29. The molecule has 1 aliphatic rings. The number of ether oxygens (including phenoxy) is 2. The molecule has 1 aliphatic heterocycles. The first-order chi connectivity index (χ1) is 18.6. The van der Waals surface area contributed by atoms with Crippen LogP contribution in [0.5, 0.6) is 5.75 Å². The topological polar surface area (TPSA) is 110 Å². The van der Waals surface area contributed by atoms with Gasteiger partial charge in [-0.2, -0.15) is 4.98 Å². The van der Waals surface area contributed by atoms with Gasteiger partial charge in [0.05, 0.1) is 25.9 Å². The van der Waals surface area contributed by atoms with Crippen molar-refractivity contribution in [3.05, 3.63) is 66.4 Å². The monoisotopic (exact) mass is 532 g/mol. The van der Waals surface area contributed by atoms with Gasteiger partial charge in [0.1, 0.15) is 17.5 Å². The van der Waals surface area contributed by atoms with Gasteiger partial charge in [0, 0.05) is 23.0 Å². The molecule has 2 N–H and O–H groups in total. The van der Waals surface area contributed by atoms with E-state index in [0.29, 0.717) is 34.3 Å². The van der Waals surface area contributed by atoms with E-state index < -0.39 is 17.9 Å². The lowest BCUT2D eigenvalue weighted by molar-refractivity contribution is 0.0400. The number of nitrogens with zero attached hydrogens (tertiary/aromatic N) is 4. The maximum absolute atomic E-state index is 13.1. The molecule has 2 aromatic heterocycles. The maximum Gasteiger partial charge on any atom is 0.412 e. The summed E-state index contributed by atoms with van der Waals surface area (Å²) in [4.78, 5) is 30.5. The summed E-state index contributed by atoms with van der Waals surface area (Å²) in [7, 11) is 1.51. The SMILES string of the molecule is COc1cc(C(=O)N2CC(F)C2)ccc1Nc1nc2ccc(-c3ccc(NC(=O)OC(C)(C)C)cc3)cn2n1. The van der Waals surface area contributed by atoms with E-state index in [1.165, 1.54) is 12.0 Å². The van der Waals surface area contributed by atoms with Crippen LogP contribution in [0.2, 0.25) is 0 Å². The number of alkyl halides is 1. The van der Waals surface area contributed by atoms with E-state index >= 15 is 0 Å². The summed E-state index contributed by atoms with van der Waals surface area (Å²) < 4.78 is 25.6. The number of carbonyl (C=O) groups is 2. The Morgan fingerprint density at radius 3 is 2.41 bits per heavy atom. The minimum atomic E-state index is -0.959. The Morgan fingerprint density at radius 1 is 1.03 bits per heavy atom. The molecule has 0 aliphatic carbocycles. The van der Waals surface area contributed by atoms with Gasteiger partial charge in [-0.1, -0.05) is 12.1 Å². The maximum atomic E-state index is 13.1. The first kappa shape index (κ1) is 26.0. The molecule has 4 aromatic rings. The van der Waals surface area contributed by atoms with Crippen LogP contribution in [0.15, 0.2) is 60.8 Å². The van der Waals surface area contributed by atoms with Crippen molar-refractivity contribution >= 4 is 35.0 Å². The highest BCUT2D eigenvalue weighted by Gasteiger charge is 2.31. The van der Waals surface area contributed by atoms with Crippen LogP contribution in [0.4, 0.5) is 26.5 Å². The molecule has 0 bridgehead atoms. The van der Waals surface area contributed by atoms with E-state index in [4.69, 9.17) is 9.47 Å². The molecule has 5 rings (SSSR count). The molecule has 39 heavy (non-hydrogen) atoms. The molecule has 202 valence electrons. The first-order valence-corrected chi connectivity index (χ1v) is 12.4. The van der Waals surface area contributed by atoms with Crippen molar-refractivity contribution in [2.75, 3.05) is 30.8 Å². The van der Waals surface area contributed by atoms with Gasteiger partial charge in [0.15, 0.2) is 5.65 Å². The van der Waals surface area contributed by atoms with Gasteiger partial charge in [0.25, 0.3) is 5.91 Å². The fourth-order valence-corrected chi connectivity index (χ4v) is 4.10. The van der Waals surface area contributed by atoms with Crippen molar-refractivity contribution in [2.24, 2.45) is 0 Å². The smallest absolute Gasteiger partial charge is 0.412 e. The predicted molar refractivity (Wildman–Crippen MR) is 145 cm³/mol. The number of hydrogen-bond donors (Lipinski definition) is 2. The van der Waals surface area contributed by atoms with E-state index in [2.05, 4.69) is 20.7 Å². The third kappa shape index (κ3) is 5.92. The van der Waals surface area contributed by atoms with Crippen LogP contribution in [-0.4, -0.2) is 63.5 Å². The summed E-state index contributed by atoms with van der Waals surface area (Å²) in [6.45, 7) is 5.65. The number of benzene rings is 2. The Morgan fingerprint density at radius 2 is 1.74 bits per heavy atom. The van der Waals surface area contributed by atoms with Gasteiger partial charge >= 0.3 is 6.09 Å². The number of likely N-dealkylation sites (tertiary alicyclic amines) is 1. The third-order valence-corrected chi connectivity index (χ3v) is 6.01. The third-order valence-electron chi connectivity index (χ3n) is 6.01. The molecule has 2 aromatic carbocycles. The number of anilines is 3. The highest BCUT2D eigenvalue weighted by atomic mass is 19.1. The lowest BCUT2D eigenvalue weighted by Crippen LogP contribution is -2.51. The fourth-order valence-electron chi connectivity index (χ4n) is 4.10. The van der Waals surface area contributed by atoms with E-state index in [0.717, 1.165) is 11.1 Å². The summed E-state index contributed by atoms with van der Waals surface area (Å²) in [6.07, 6.45) is 0.385. The summed E-state index contributed by atoms with van der Waals surface area (Å²) in [6, 6.07) is 16.2. The molecular formula is C28H29FN6O4. The molecule has 0 atom stereocenters. The van der Waals surface area contributed by atoms with Gasteiger partial charge in [-0.05, 0) is 68.8 Å². The number of carbonyl (C=O) groups excluding carboxylic acids is 2. The minimum absolute atomic E-state index is 0.113. The quantitative estimate of drug-likeness (QED) is 0.347. The molecule has 0 radical (unpaired) electrons. The first-order valence-electron chi connectivity index (χ1n) is 12.4. The summed E-state index contributed by atoms with van der Waals surface area (Å²) in [5, 5.41) is 10.4. The number of aromatic nitrogens is 3. The van der Waals surface area contributed by atoms with Crippen LogP contribution >= 0.6 is 0 Å². The molecule has 11 heteroatoms. The second kappa shape index (κ2) is 10.2. The molecule has 0 saturated carbocycles. The van der Waals surface area contributed by atoms with Gasteiger partial charge in [0.2, 0.25) is 5.95 Å². The van der Waals surface area contributed by atoms with Crippen molar-refractivity contribution in [1.82, 2.24) is 19.5 Å². The van der Waals surface area contributed by atoms with Crippen molar-refractivity contribution in [2.45, 2.75) is 32.5 Å². The van der Waals surface area contributed by atoms with E-state index in [1.54, 1.807) is 34.8 Å². The highest BCUT2D eigenvalue weighted by Crippen LogP contribution is 2.30. The van der Waals surface area contributed by atoms with Crippen LogP contribution in [0.25, 0.3) is 16.8 Å². The van der Waals surface area contributed by atoms with Gasteiger partial charge in [-0.3, -0.25) is 10.1 Å². The standard InChI is InChI=1S/C28H29FN6O4/c1-28(2,3)39-27(37)30-21-9-5-17(6-10-21)19-8-12-24-32-26(33-35(24)14-19)31-22-11-7-18(13-23(22)38-4)25(36)34-15-20(29)16-34/h5-14,20H,15-16H2,1-4H3,(H,30,37)(H,31,33). The lowest BCUT2D eigenvalue weighted by Gasteiger charge is -2.34. The Hall–Kier alpha value is -4.67. The van der Waals surface area contributed by atoms with E-state index in [1.807, 2.05) is 51.2 Å². The number of rotatable bonds is 6. The van der Waals surface area contributed by atoms with Crippen LogP contribution < -0.4 is 15.4 Å². The number of fused-ring (bicyclic) bond motifs is 1. The van der Waals surface area contributed by atoms with Crippen LogP contribution in [0, 0.1) is 0 Å². The number of methoxy groups -OCH3 is 1. The minimum Gasteiger partial charge on any atom is -0.495 e. The molecule has 1 saturated heterocycles. The number of nitrogens with one attached hydrogen (secondary N) is 2. The van der Waals surface area contributed by atoms with Crippen molar-refractivity contribution in [3.63, 3.8) is 0 Å². The molecule has 3 heterocycles. The Labute approximate surface area is 224 Å². The number of hydrogen-bond acceptors (Lipinski definition) is 7. The van der Waals surface area contributed by atoms with Crippen LogP contribution in [-0.2, 0) is 4.74 Å². The number of halogens is 1. The normalized spacial score (nSPS) is 13.6. The fraction of sp³-hybridized carbons (Fsp3) is 0.286. The molecular weight excluding hydrogens is 503 g/mol. The molecule has 0 spiro atoms. The molecule has 0 unspecified atom stereocenters. The Kier molecular flexibility index (Phi) is 6.81. The summed E-state index contributed by atoms with van der Waals surface area (Å²) in [5.41, 5.74) is 3.53. The van der Waals surface area contributed by atoms with Crippen molar-refractivity contribution in [3.8, 4) is 16.9 Å². The molecule has 10 nitrogen and oxygen atoms in total. The number of pyridine rings is 1. The van der Waals surface area contributed by atoms with Gasteiger partial charge in [-0.15, -0.1) is 5.10 Å². The zero-order chi connectivity index (χ0) is 27.7. The molecule has 1 fully saturated rings. The zero-order valence-corrected chi connectivity index (χ0v) is 22.1. The summed E-state index contributed by atoms with van der Waals surface area (Å²) in [5.74, 6) is 0.558. The second-order valence-electron chi connectivity index (χ2n) is 10.2. The van der Waals surface area contributed by atoms with Crippen molar-refractivity contribution < 1.29 is 23.5 Å². The van der Waals surface area contributed by atoms with Crippen LogP contribution in [0.1, 0.15) is 31.1 Å².